The molecule has 0 heterocycles. The number of aryl methyl sites for hydroxylation is 2. The van der Waals surface area contributed by atoms with Gasteiger partial charge in [0.2, 0.25) is 0 Å². The molecule has 6 rings (SSSR count). The fourth-order valence-corrected chi connectivity index (χ4v) is 4.25. The van der Waals surface area contributed by atoms with Gasteiger partial charge in [0.25, 0.3) is 0 Å². The second-order valence-electron chi connectivity index (χ2n) is 7.88. The highest BCUT2D eigenvalue weighted by molar-refractivity contribution is 5.99. The molecular weight excluding hydrogens is 304 g/mol. The molecule has 0 aromatic heterocycles. The van der Waals surface area contributed by atoms with Crippen LogP contribution in [0.2, 0.25) is 0 Å². The molecule has 0 spiro atoms. The van der Waals surface area contributed by atoms with E-state index in [0.717, 1.165) is 51.4 Å². The summed E-state index contributed by atoms with van der Waals surface area (Å²) in [5, 5.41) is 0. The highest BCUT2D eigenvalue weighted by atomic mass is 16.1. The summed E-state index contributed by atoms with van der Waals surface area (Å²) in [6, 6.07) is 9.08. The average Bonchev–Trinajstić information content (AvgIpc) is 2.63. The number of carbonyl (C=O) groups is 1. The molecular formula is C24H32O. The van der Waals surface area contributed by atoms with Crippen molar-refractivity contribution >= 4 is 5.78 Å². The lowest BCUT2D eigenvalue weighted by atomic mass is 9.68. The molecule has 1 atom stereocenters. The lowest BCUT2D eigenvalue weighted by Crippen LogP contribution is -2.32. The van der Waals surface area contributed by atoms with Gasteiger partial charge < -0.3 is 0 Å². The Labute approximate surface area is 153 Å². The van der Waals surface area contributed by atoms with Crippen molar-refractivity contribution in [2.75, 3.05) is 0 Å². The first-order valence-electron chi connectivity index (χ1n) is 10.2. The second kappa shape index (κ2) is 8.17. The highest BCUT2D eigenvalue weighted by Gasteiger charge is 2.37. The third-order valence-electron chi connectivity index (χ3n) is 6.00. The van der Waals surface area contributed by atoms with Crippen LogP contribution in [0.25, 0.3) is 0 Å². The van der Waals surface area contributed by atoms with Crippen molar-refractivity contribution in [1.82, 2.24) is 0 Å². The zero-order chi connectivity index (χ0) is 17.7. The van der Waals surface area contributed by atoms with E-state index in [1.165, 1.54) is 35.1 Å². The smallest absolute Gasteiger partial charge is 0.165 e. The van der Waals surface area contributed by atoms with E-state index in [2.05, 4.69) is 44.2 Å². The summed E-state index contributed by atoms with van der Waals surface area (Å²) in [4.78, 5) is 13.2. The van der Waals surface area contributed by atoms with E-state index < -0.39 is 0 Å². The minimum Gasteiger partial charge on any atom is -0.294 e. The van der Waals surface area contributed by atoms with Crippen molar-refractivity contribution in [2.24, 2.45) is 5.41 Å². The molecule has 0 radical (unpaired) electrons. The zero-order valence-electron chi connectivity index (χ0n) is 15.9. The summed E-state index contributed by atoms with van der Waals surface area (Å²) in [6.45, 7) is 4.47. The van der Waals surface area contributed by atoms with Crippen LogP contribution in [0.1, 0.15) is 76.3 Å². The van der Waals surface area contributed by atoms with Crippen LogP contribution in [-0.2, 0) is 17.6 Å². The predicted molar refractivity (Wildman–Crippen MR) is 106 cm³/mol. The Bertz CT molecular complexity index is 662. The van der Waals surface area contributed by atoms with Crippen molar-refractivity contribution in [2.45, 2.75) is 78.1 Å². The second-order valence-corrected chi connectivity index (χ2v) is 7.88. The van der Waals surface area contributed by atoms with Crippen molar-refractivity contribution in [3.8, 4) is 0 Å². The summed E-state index contributed by atoms with van der Waals surface area (Å²) in [5.74, 6) is 0.367. The van der Waals surface area contributed by atoms with Crippen molar-refractivity contribution in [1.29, 1.82) is 0 Å². The third-order valence-corrected chi connectivity index (χ3v) is 6.00. The molecule has 0 unspecified atom stereocenters. The summed E-state index contributed by atoms with van der Waals surface area (Å²) >= 11 is 0. The van der Waals surface area contributed by atoms with Crippen LogP contribution >= 0.6 is 0 Å². The number of hydrogen-bond donors (Lipinski definition) is 0. The molecule has 0 amide bonds. The summed E-state index contributed by atoms with van der Waals surface area (Å²) in [6.07, 6.45) is 15.2. The number of ketones is 1. The van der Waals surface area contributed by atoms with E-state index in [-0.39, 0.29) is 5.41 Å². The lowest BCUT2D eigenvalue weighted by Gasteiger charge is -2.34. The van der Waals surface area contributed by atoms with Crippen molar-refractivity contribution < 1.29 is 4.79 Å². The number of benzene rings is 1. The van der Waals surface area contributed by atoms with Crippen LogP contribution in [0, 0.1) is 5.41 Å². The van der Waals surface area contributed by atoms with E-state index in [9.17, 15) is 4.79 Å². The van der Waals surface area contributed by atoms with Crippen molar-refractivity contribution in [3.05, 3.63) is 58.7 Å². The van der Waals surface area contributed by atoms with Crippen molar-refractivity contribution in [3.63, 3.8) is 0 Å². The molecule has 1 aromatic carbocycles. The molecule has 0 fully saturated rings. The van der Waals surface area contributed by atoms with Crippen LogP contribution < -0.4 is 0 Å². The van der Waals surface area contributed by atoms with Crippen LogP contribution in [0.15, 0.2) is 47.6 Å². The summed E-state index contributed by atoms with van der Waals surface area (Å²) in [5.41, 5.74) is 5.25. The van der Waals surface area contributed by atoms with E-state index in [4.69, 9.17) is 0 Å². The maximum atomic E-state index is 13.2. The first kappa shape index (κ1) is 18.2. The van der Waals surface area contributed by atoms with Crippen LogP contribution in [0.4, 0.5) is 0 Å². The average molecular weight is 337 g/mol. The molecule has 0 aliphatic heterocycles. The molecule has 1 nitrogen and oxygen atoms in total. The minimum absolute atomic E-state index is 0.263. The SMILES string of the molecule is CCCCC1=C[C@@]2(CCCC)CCc3ccc(cc3)CCC1=CC2=O. The van der Waals surface area contributed by atoms with Gasteiger partial charge in [-0.2, -0.15) is 0 Å². The van der Waals surface area contributed by atoms with E-state index >= 15 is 0 Å². The Morgan fingerprint density at radius 3 is 2.28 bits per heavy atom. The van der Waals surface area contributed by atoms with Gasteiger partial charge in [-0.25, -0.2) is 0 Å². The first-order valence-corrected chi connectivity index (χ1v) is 10.2. The number of hydrogen-bond acceptors (Lipinski definition) is 1. The molecule has 5 aliphatic carbocycles. The highest BCUT2D eigenvalue weighted by Crippen LogP contribution is 2.42. The van der Waals surface area contributed by atoms with Gasteiger partial charge in [-0.15, -0.1) is 0 Å². The Kier molecular flexibility index (Phi) is 5.93. The molecule has 1 aromatic rings. The molecule has 0 N–H and O–H groups in total. The molecule has 134 valence electrons. The van der Waals surface area contributed by atoms with Gasteiger partial charge in [0, 0.05) is 0 Å². The summed E-state index contributed by atoms with van der Waals surface area (Å²) in [7, 11) is 0. The molecule has 25 heavy (non-hydrogen) atoms. The summed E-state index contributed by atoms with van der Waals surface area (Å²) < 4.78 is 0. The topological polar surface area (TPSA) is 17.1 Å². The predicted octanol–water partition coefficient (Wildman–Crippen LogP) is 6.37. The first-order chi connectivity index (χ1) is 12.2. The van der Waals surface area contributed by atoms with Gasteiger partial charge in [-0.05, 0) is 73.3 Å². The van der Waals surface area contributed by atoms with Gasteiger partial charge in [-0.3, -0.25) is 4.79 Å². The number of unbranched alkanes of at least 4 members (excludes halogenated alkanes) is 2. The largest absolute Gasteiger partial charge is 0.294 e. The van der Waals surface area contributed by atoms with Gasteiger partial charge in [-0.1, -0.05) is 63.5 Å². The maximum Gasteiger partial charge on any atom is 0.165 e. The monoisotopic (exact) mass is 336 g/mol. The Hall–Kier alpha value is -1.63. The quantitative estimate of drug-likeness (QED) is 0.590. The fourth-order valence-electron chi connectivity index (χ4n) is 4.25. The maximum absolute atomic E-state index is 13.2. The van der Waals surface area contributed by atoms with Crippen LogP contribution in [0.3, 0.4) is 0 Å². The minimum atomic E-state index is -0.263. The number of rotatable bonds is 6. The number of carbonyl (C=O) groups excluding carboxylic acids is 1. The molecule has 0 saturated heterocycles. The van der Waals surface area contributed by atoms with Crippen LogP contribution in [-0.4, -0.2) is 5.78 Å². The Balaban J connectivity index is 1.99. The van der Waals surface area contributed by atoms with Gasteiger partial charge in [0.15, 0.2) is 5.78 Å². The van der Waals surface area contributed by atoms with Crippen LogP contribution in [0.5, 0.6) is 0 Å². The molecule has 4 bridgehead atoms. The molecule has 1 heteroatoms. The fraction of sp³-hybridized carbons (Fsp3) is 0.542. The van der Waals surface area contributed by atoms with Gasteiger partial charge in [0.05, 0.1) is 5.41 Å². The molecule has 0 saturated carbocycles. The van der Waals surface area contributed by atoms with E-state index in [1.807, 2.05) is 6.08 Å². The molecule has 5 aliphatic rings. The van der Waals surface area contributed by atoms with E-state index in [0.29, 0.717) is 5.78 Å². The normalized spacial score (nSPS) is 23.0. The lowest BCUT2D eigenvalue weighted by molar-refractivity contribution is -0.122. The zero-order valence-corrected chi connectivity index (χ0v) is 15.9. The van der Waals surface area contributed by atoms with Gasteiger partial charge >= 0.3 is 0 Å². The third kappa shape index (κ3) is 4.14. The Morgan fingerprint density at radius 1 is 0.920 bits per heavy atom. The standard InChI is InChI=1S/C24H32O/c1-3-5-7-22-18-24(15-6-4-2)16-14-20-10-8-19(9-11-20)12-13-21(22)17-23(24)25/h8-11,17-18H,3-7,12-16H2,1-2H3/t24-/m1/s1. The van der Waals surface area contributed by atoms with Gasteiger partial charge in [0.1, 0.15) is 0 Å². The number of allylic oxidation sites excluding steroid dienone is 4. The van der Waals surface area contributed by atoms with E-state index in [1.54, 1.807) is 0 Å². The Morgan fingerprint density at radius 2 is 1.60 bits per heavy atom.